The number of benzene rings is 2. The van der Waals surface area contributed by atoms with Crippen LogP contribution in [0.2, 0.25) is 0 Å². The van der Waals surface area contributed by atoms with Gasteiger partial charge < -0.3 is 9.15 Å². The lowest BCUT2D eigenvalue weighted by Crippen LogP contribution is -2.45. The Balaban J connectivity index is 1.54. The molecule has 0 aliphatic carbocycles. The topological polar surface area (TPSA) is 103 Å². The van der Waals surface area contributed by atoms with E-state index in [1.165, 1.54) is 4.57 Å². The Bertz CT molecular complexity index is 1030. The third-order valence-corrected chi connectivity index (χ3v) is 3.97. The molecular weight excluding hydrogens is 350 g/mol. The quantitative estimate of drug-likeness (QED) is 0.663. The second-order valence-corrected chi connectivity index (χ2v) is 6.03. The van der Waals surface area contributed by atoms with E-state index in [0.29, 0.717) is 16.8 Å². The SMILES string of the molecule is Cc1cccc(C)c1OCC(=O)NNC(=O)Cn1c(=O)oc2ccccc21. The number of aromatic nitrogens is 1. The van der Waals surface area contributed by atoms with E-state index < -0.39 is 17.6 Å². The summed E-state index contributed by atoms with van der Waals surface area (Å²) in [5.41, 5.74) is 7.24. The molecule has 0 saturated heterocycles. The predicted molar refractivity (Wildman–Crippen MR) is 98.2 cm³/mol. The Morgan fingerprint density at radius 2 is 1.67 bits per heavy atom. The molecule has 27 heavy (non-hydrogen) atoms. The van der Waals surface area contributed by atoms with Gasteiger partial charge in [0.1, 0.15) is 12.3 Å². The number of nitrogens with one attached hydrogen (secondary N) is 2. The summed E-state index contributed by atoms with van der Waals surface area (Å²) in [7, 11) is 0. The van der Waals surface area contributed by atoms with Gasteiger partial charge >= 0.3 is 5.76 Å². The summed E-state index contributed by atoms with van der Waals surface area (Å²) < 4.78 is 11.8. The van der Waals surface area contributed by atoms with Crippen LogP contribution in [-0.2, 0) is 16.1 Å². The zero-order valence-corrected chi connectivity index (χ0v) is 14.9. The van der Waals surface area contributed by atoms with E-state index in [-0.39, 0.29) is 13.2 Å². The fourth-order valence-corrected chi connectivity index (χ4v) is 2.69. The van der Waals surface area contributed by atoms with Crippen molar-refractivity contribution in [1.82, 2.24) is 15.4 Å². The molecule has 0 unspecified atom stereocenters. The number of carbonyl (C=O) groups excluding carboxylic acids is 2. The van der Waals surface area contributed by atoms with Gasteiger partial charge in [0.25, 0.3) is 11.8 Å². The number of rotatable bonds is 5. The average molecular weight is 369 g/mol. The lowest BCUT2D eigenvalue weighted by atomic mass is 10.1. The van der Waals surface area contributed by atoms with Crippen LogP contribution in [0.3, 0.4) is 0 Å². The summed E-state index contributed by atoms with van der Waals surface area (Å²) in [6.45, 7) is 3.23. The summed E-state index contributed by atoms with van der Waals surface area (Å²) in [5, 5.41) is 0. The first-order valence-electron chi connectivity index (χ1n) is 8.31. The number of ether oxygens (including phenoxy) is 1. The van der Waals surface area contributed by atoms with Gasteiger partial charge in [0.05, 0.1) is 5.52 Å². The third kappa shape index (κ3) is 4.17. The number of oxazole rings is 1. The van der Waals surface area contributed by atoms with Crippen LogP contribution in [0, 0.1) is 13.8 Å². The van der Waals surface area contributed by atoms with Gasteiger partial charge in [-0.2, -0.15) is 0 Å². The highest BCUT2D eigenvalue weighted by atomic mass is 16.5. The lowest BCUT2D eigenvalue weighted by molar-refractivity contribution is -0.130. The van der Waals surface area contributed by atoms with Crippen molar-refractivity contribution in [1.29, 1.82) is 0 Å². The standard InChI is InChI=1S/C19H19N3O5/c1-12-6-5-7-13(2)18(12)26-11-17(24)21-20-16(23)10-22-14-8-3-4-9-15(14)27-19(22)25/h3-9H,10-11H2,1-2H3,(H,20,23)(H,21,24). The molecule has 3 aromatic rings. The van der Waals surface area contributed by atoms with Crippen LogP contribution in [0.4, 0.5) is 0 Å². The van der Waals surface area contributed by atoms with E-state index >= 15 is 0 Å². The van der Waals surface area contributed by atoms with Gasteiger partial charge in [0.2, 0.25) is 0 Å². The fourth-order valence-electron chi connectivity index (χ4n) is 2.69. The molecule has 0 bridgehead atoms. The molecule has 3 rings (SSSR count). The lowest BCUT2D eigenvalue weighted by Gasteiger charge is -2.12. The van der Waals surface area contributed by atoms with E-state index in [2.05, 4.69) is 10.9 Å². The molecule has 140 valence electrons. The summed E-state index contributed by atoms with van der Waals surface area (Å²) in [4.78, 5) is 35.8. The molecule has 0 fully saturated rings. The number of fused-ring (bicyclic) bond motifs is 1. The molecule has 2 amide bonds. The molecule has 1 heterocycles. The van der Waals surface area contributed by atoms with Crippen molar-refractivity contribution in [2.75, 3.05) is 6.61 Å². The fraction of sp³-hybridized carbons (Fsp3) is 0.211. The van der Waals surface area contributed by atoms with Crippen LogP contribution in [0.15, 0.2) is 51.7 Å². The molecule has 8 heteroatoms. The highest BCUT2D eigenvalue weighted by Gasteiger charge is 2.13. The van der Waals surface area contributed by atoms with Crippen molar-refractivity contribution >= 4 is 22.9 Å². The van der Waals surface area contributed by atoms with Crippen molar-refractivity contribution in [2.45, 2.75) is 20.4 Å². The number of para-hydroxylation sites is 3. The van der Waals surface area contributed by atoms with Crippen molar-refractivity contribution in [3.8, 4) is 5.75 Å². The van der Waals surface area contributed by atoms with Gasteiger partial charge in [0, 0.05) is 0 Å². The van der Waals surface area contributed by atoms with Gasteiger partial charge in [0.15, 0.2) is 12.2 Å². The normalized spacial score (nSPS) is 10.6. The molecule has 1 aromatic heterocycles. The minimum atomic E-state index is -0.643. The maximum absolute atomic E-state index is 12.0. The number of nitrogens with zero attached hydrogens (tertiary/aromatic N) is 1. The molecule has 0 radical (unpaired) electrons. The van der Waals surface area contributed by atoms with Crippen LogP contribution in [-0.4, -0.2) is 23.0 Å². The maximum Gasteiger partial charge on any atom is 0.420 e. The van der Waals surface area contributed by atoms with Gasteiger partial charge in [-0.25, -0.2) is 4.79 Å². The van der Waals surface area contributed by atoms with Crippen molar-refractivity contribution in [2.24, 2.45) is 0 Å². The number of hydrogen-bond acceptors (Lipinski definition) is 5. The number of aryl methyl sites for hydroxylation is 2. The van der Waals surface area contributed by atoms with Gasteiger partial charge in [-0.05, 0) is 37.1 Å². The Kier molecular flexibility index (Phi) is 5.25. The van der Waals surface area contributed by atoms with E-state index in [9.17, 15) is 14.4 Å². The number of carbonyl (C=O) groups is 2. The Morgan fingerprint density at radius 3 is 2.41 bits per heavy atom. The Labute approximate surface area is 154 Å². The van der Waals surface area contributed by atoms with Crippen LogP contribution in [0.1, 0.15) is 11.1 Å². The van der Waals surface area contributed by atoms with Gasteiger partial charge in [-0.15, -0.1) is 0 Å². The van der Waals surface area contributed by atoms with Crippen molar-refractivity contribution in [3.05, 3.63) is 64.1 Å². The molecule has 2 aromatic carbocycles. The molecule has 0 aliphatic rings. The first-order chi connectivity index (χ1) is 13.0. The first kappa shape index (κ1) is 18.2. The molecular formula is C19H19N3O5. The number of amides is 2. The zero-order chi connectivity index (χ0) is 19.4. The first-order valence-corrected chi connectivity index (χ1v) is 8.31. The van der Waals surface area contributed by atoms with Crippen LogP contribution in [0.5, 0.6) is 5.75 Å². The van der Waals surface area contributed by atoms with Crippen molar-refractivity contribution in [3.63, 3.8) is 0 Å². The predicted octanol–water partition coefficient (Wildman–Crippen LogP) is 1.44. The van der Waals surface area contributed by atoms with Crippen LogP contribution < -0.4 is 21.3 Å². The second kappa shape index (κ2) is 7.77. The van der Waals surface area contributed by atoms with Crippen LogP contribution in [0.25, 0.3) is 11.1 Å². The van der Waals surface area contributed by atoms with E-state index in [0.717, 1.165) is 11.1 Å². The van der Waals surface area contributed by atoms with Gasteiger partial charge in [-0.1, -0.05) is 30.3 Å². The summed E-state index contributed by atoms with van der Waals surface area (Å²) >= 11 is 0. The third-order valence-electron chi connectivity index (χ3n) is 3.97. The smallest absolute Gasteiger partial charge is 0.420 e. The molecule has 2 N–H and O–H groups in total. The molecule has 0 atom stereocenters. The minimum absolute atomic E-state index is 0.249. The summed E-state index contributed by atoms with van der Waals surface area (Å²) in [6, 6.07) is 12.4. The largest absolute Gasteiger partial charge is 0.483 e. The van der Waals surface area contributed by atoms with Crippen molar-refractivity contribution < 1.29 is 18.7 Å². The Hall–Kier alpha value is -3.55. The second-order valence-electron chi connectivity index (χ2n) is 6.03. The minimum Gasteiger partial charge on any atom is -0.483 e. The monoisotopic (exact) mass is 369 g/mol. The highest BCUT2D eigenvalue weighted by molar-refractivity contribution is 5.83. The number of hydrazine groups is 1. The highest BCUT2D eigenvalue weighted by Crippen LogP contribution is 2.21. The zero-order valence-electron chi connectivity index (χ0n) is 14.9. The Morgan fingerprint density at radius 1 is 1.00 bits per heavy atom. The van der Waals surface area contributed by atoms with E-state index in [1.54, 1.807) is 24.3 Å². The number of hydrogen-bond donors (Lipinski definition) is 2. The summed E-state index contributed by atoms with van der Waals surface area (Å²) in [5.74, 6) is -1.09. The van der Waals surface area contributed by atoms with Gasteiger partial charge in [-0.3, -0.25) is 25.0 Å². The van der Waals surface area contributed by atoms with E-state index in [1.807, 2.05) is 32.0 Å². The molecule has 0 spiro atoms. The molecule has 8 nitrogen and oxygen atoms in total. The maximum atomic E-state index is 12.0. The average Bonchev–Trinajstić information content (AvgIpc) is 2.95. The molecule has 0 aliphatic heterocycles. The summed E-state index contributed by atoms with van der Waals surface area (Å²) in [6.07, 6.45) is 0. The van der Waals surface area contributed by atoms with E-state index in [4.69, 9.17) is 9.15 Å². The molecule has 0 saturated carbocycles. The van der Waals surface area contributed by atoms with Crippen LogP contribution >= 0.6 is 0 Å².